The SMILES string of the molecule is CC(=O)c1ccnc(OCCC(C)C)c1. The first-order chi connectivity index (χ1) is 7.09. The van der Waals surface area contributed by atoms with E-state index in [1.54, 1.807) is 18.3 Å². The first-order valence-corrected chi connectivity index (χ1v) is 5.19. The number of nitrogens with zero attached hydrogens (tertiary/aromatic N) is 1. The number of carbonyl (C=O) groups is 1. The summed E-state index contributed by atoms with van der Waals surface area (Å²) in [6.07, 6.45) is 2.59. The topological polar surface area (TPSA) is 39.2 Å². The Morgan fingerprint density at radius 3 is 2.87 bits per heavy atom. The van der Waals surface area contributed by atoms with Gasteiger partial charge >= 0.3 is 0 Å². The van der Waals surface area contributed by atoms with Crippen LogP contribution in [0.3, 0.4) is 0 Å². The molecule has 3 heteroatoms. The first-order valence-electron chi connectivity index (χ1n) is 5.19. The predicted molar refractivity (Wildman–Crippen MR) is 59.2 cm³/mol. The van der Waals surface area contributed by atoms with Crippen LogP contribution in [0.1, 0.15) is 37.6 Å². The highest BCUT2D eigenvalue weighted by atomic mass is 16.5. The van der Waals surface area contributed by atoms with E-state index in [0.717, 1.165) is 6.42 Å². The Labute approximate surface area is 90.5 Å². The molecular weight excluding hydrogens is 190 g/mol. The number of hydrogen-bond donors (Lipinski definition) is 0. The fourth-order valence-electron chi connectivity index (χ4n) is 1.11. The second-order valence-electron chi connectivity index (χ2n) is 3.97. The van der Waals surface area contributed by atoms with Crippen molar-refractivity contribution in [3.8, 4) is 5.88 Å². The fraction of sp³-hybridized carbons (Fsp3) is 0.500. The Kier molecular flexibility index (Phi) is 4.28. The number of pyridine rings is 1. The molecule has 15 heavy (non-hydrogen) atoms. The Hall–Kier alpha value is -1.38. The van der Waals surface area contributed by atoms with Crippen LogP contribution in [0, 0.1) is 5.92 Å². The third-order valence-corrected chi connectivity index (χ3v) is 2.09. The van der Waals surface area contributed by atoms with Crippen LogP contribution in [0.15, 0.2) is 18.3 Å². The molecule has 0 radical (unpaired) electrons. The molecule has 0 aliphatic rings. The molecule has 0 saturated heterocycles. The predicted octanol–water partition coefficient (Wildman–Crippen LogP) is 2.71. The molecule has 0 unspecified atom stereocenters. The zero-order valence-corrected chi connectivity index (χ0v) is 9.49. The number of aromatic nitrogens is 1. The maximum absolute atomic E-state index is 11.1. The van der Waals surface area contributed by atoms with Crippen molar-refractivity contribution in [2.75, 3.05) is 6.61 Å². The molecule has 0 N–H and O–H groups in total. The van der Waals surface area contributed by atoms with Crippen LogP contribution in [-0.2, 0) is 0 Å². The standard InChI is InChI=1S/C12H17NO2/c1-9(2)5-7-15-12-8-11(10(3)14)4-6-13-12/h4,6,8-9H,5,7H2,1-3H3. The highest BCUT2D eigenvalue weighted by Crippen LogP contribution is 2.11. The molecule has 0 bridgehead atoms. The average molecular weight is 207 g/mol. The lowest BCUT2D eigenvalue weighted by Gasteiger charge is -2.07. The second kappa shape index (κ2) is 5.49. The van der Waals surface area contributed by atoms with Crippen molar-refractivity contribution in [2.45, 2.75) is 27.2 Å². The van der Waals surface area contributed by atoms with E-state index in [-0.39, 0.29) is 5.78 Å². The Morgan fingerprint density at radius 2 is 2.27 bits per heavy atom. The maximum atomic E-state index is 11.1. The summed E-state index contributed by atoms with van der Waals surface area (Å²) in [5, 5.41) is 0. The summed E-state index contributed by atoms with van der Waals surface area (Å²) >= 11 is 0. The molecule has 1 aromatic rings. The van der Waals surface area contributed by atoms with Crippen molar-refractivity contribution in [3.63, 3.8) is 0 Å². The van der Waals surface area contributed by atoms with Crippen LogP contribution in [-0.4, -0.2) is 17.4 Å². The average Bonchev–Trinajstić information content (AvgIpc) is 2.17. The van der Waals surface area contributed by atoms with E-state index in [0.29, 0.717) is 24.0 Å². The smallest absolute Gasteiger partial charge is 0.213 e. The molecule has 0 amide bonds. The monoisotopic (exact) mass is 207 g/mol. The summed E-state index contributed by atoms with van der Waals surface area (Å²) in [6, 6.07) is 3.38. The van der Waals surface area contributed by atoms with E-state index in [1.807, 2.05) is 0 Å². The third kappa shape index (κ3) is 4.11. The van der Waals surface area contributed by atoms with Gasteiger partial charge in [-0.3, -0.25) is 4.79 Å². The van der Waals surface area contributed by atoms with Gasteiger partial charge in [0, 0.05) is 17.8 Å². The third-order valence-electron chi connectivity index (χ3n) is 2.09. The first kappa shape index (κ1) is 11.7. The van der Waals surface area contributed by atoms with Gasteiger partial charge in [0.1, 0.15) is 0 Å². The van der Waals surface area contributed by atoms with Gasteiger partial charge < -0.3 is 4.74 Å². The zero-order chi connectivity index (χ0) is 11.3. The van der Waals surface area contributed by atoms with E-state index in [2.05, 4.69) is 18.8 Å². The molecule has 82 valence electrons. The molecule has 0 aliphatic heterocycles. The van der Waals surface area contributed by atoms with Gasteiger partial charge in [-0.05, 0) is 25.3 Å². The summed E-state index contributed by atoms with van der Waals surface area (Å²) in [4.78, 5) is 15.1. The highest BCUT2D eigenvalue weighted by molar-refractivity contribution is 5.94. The minimum atomic E-state index is 0.0334. The minimum Gasteiger partial charge on any atom is -0.478 e. The molecule has 1 aromatic heterocycles. The molecule has 1 rings (SSSR count). The number of Topliss-reactive ketones (excluding diaryl/α,β-unsaturated/α-hetero) is 1. The lowest BCUT2D eigenvalue weighted by atomic mass is 10.1. The Bertz CT molecular complexity index is 334. The van der Waals surface area contributed by atoms with Gasteiger partial charge in [-0.15, -0.1) is 0 Å². The molecule has 0 aromatic carbocycles. The van der Waals surface area contributed by atoms with Gasteiger partial charge in [-0.2, -0.15) is 0 Å². The van der Waals surface area contributed by atoms with Crippen LogP contribution < -0.4 is 4.74 Å². The van der Waals surface area contributed by atoms with Crippen molar-refractivity contribution in [1.29, 1.82) is 0 Å². The molecule has 0 saturated carbocycles. The quantitative estimate of drug-likeness (QED) is 0.697. The number of rotatable bonds is 5. The van der Waals surface area contributed by atoms with Crippen molar-refractivity contribution in [2.24, 2.45) is 5.92 Å². The Morgan fingerprint density at radius 1 is 1.53 bits per heavy atom. The van der Waals surface area contributed by atoms with Gasteiger partial charge in [0.2, 0.25) is 5.88 Å². The van der Waals surface area contributed by atoms with Crippen molar-refractivity contribution in [3.05, 3.63) is 23.9 Å². The lowest BCUT2D eigenvalue weighted by molar-refractivity contribution is 0.101. The van der Waals surface area contributed by atoms with E-state index in [4.69, 9.17) is 4.74 Å². The van der Waals surface area contributed by atoms with Crippen molar-refractivity contribution >= 4 is 5.78 Å². The van der Waals surface area contributed by atoms with E-state index in [9.17, 15) is 4.79 Å². The second-order valence-corrected chi connectivity index (χ2v) is 3.97. The largest absolute Gasteiger partial charge is 0.478 e. The van der Waals surface area contributed by atoms with Crippen LogP contribution in [0.2, 0.25) is 0 Å². The molecular formula is C12H17NO2. The van der Waals surface area contributed by atoms with Gasteiger partial charge in [-0.1, -0.05) is 13.8 Å². The number of ether oxygens (including phenoxy) is 1. The van der Waals surface area contributed by atoms with E-state index in [1.165, 1.54) is 6.92 Å². The summed E-state index contributed by atoms with van der Waals surface area (Å²) in [5.74, 6) is 1.18. The fourth-order valence-corrected chi connectivity index (χ4v) is 1.11. The normalized spacial score (nSPS) is 10.4. The molecule has 0 aliphatic carbocycles. The van der Waals surface area contributed by atoms with Crippen LogP contribution >= 0.6 is 0 Å². The van der Waals surface area contributed by atoms with Crippen LogP contribution in [0.4, 0.5) is 0 Å². The van der Waals surface area contributed by atoms with Crippen molar-refractivity contribution < 1.29 is 9.53 Å². The molecule has 3 nitrogen and oxygen atoms in total. The minimum absolute atomic E-state index is 0.0334. The molecule has 1 heterocycles. The van der Waals surface area contributed by atoms with E-state index < -0.39 is 0 Å². The lowest BCUT2D eigenvalue weighted by Crippen LogP contribution is -2.03. The van der Waals surface area contributed by atoms with Gasteiger partial charge in [0.25, 0.3) is 0 Å². The summed E-state index contributed by atoms with van der Waals surface area (Å²) in [5.41, 5.74) is 0.643. The Balaban J connectivity index is 2.54. The number of carbonyl (C=O) groups excluding carboxylic acids is 1. The summed E-state index contributed by atoms with van der Waals surface area (Å²) in [6.45, 7) is 6.46. The molecule has 0 atom stereocenters. The molecule has 0 spiro atoms. The van der Waals surface area contributed by atoms with Gasteiger partial charge in [-0.25, -0.2) is 4.98 Å². The van der Waals surface area contributed by atoms with Gasteiger partial charge in [0.05, 0.1) is 6.61 Å². The maximum Gasteiger partial charge on any atom is 0.213 e. The van der Waals surface area contributed by atoms with E-state index >= 15 is 0 Å². The summed E-state index contributed by atoms with van der Waals surface area (Å²) in [7, 11) is 0. The highest BCUT2D eigenvalue weighted by Gasteiger charge is 2.02. The van der Waals surface area contributed by atoms with Crippen molar-refractivity contribution in [1.82, 2.24) is 4.98 Å². The number of ketones is 1. The van der Waals surface area contributed by atoms with Gasteiger partial charge in [0.15, 0.2) is 5.78 Å². The zero-order valence-electron chi connectivity index (χ0n) is 9.49. The molecule has 0 fully saturated rings. The number of hydrogen-bond acceptors (Lipinski definition) is 3. The summed E-state index contributed by atoms with van der Waals surface area (Å²) < 4.78 is 5.44. The van der Waals surface area contributed by atoms with Crippen LogP contribution in [0.5, 0.6) is 5.88 Å². The van der Waals surface area contributed by atoms with Crippen LogP contribution in [0.25, 0.3) is 0 Å².